The normalized spacial score (nSPS) is 10.7. The molecule has 0 saturated heterocycles. The third-order valence-corrected chi connectivity index (χ3v) is 3.79. The SMILES string of the molecule is C=CCn1c(CN)nnc1SCCc1cccc(C)n1. The van der Waals surface area contributed by atoms with Crippen LogP contribution in [0.3, 0.4) is 0 Å². The zero-order valence-electron chi connectivity index (χ0n) is 11.6. The molecule has 2 heterocycles. The molecule has 2 aromatic rings. The van der Waals surface area contributed by atoms with E-state index in [0.29, 0.717) is 13.1 Å². The molecule has 2 rings (SSSR count). The summed E-state index contributed by atoms with van der Waals surface area (Å²) in [5.74, 6) is 1.71. The Morgan fingerprint density at radius 2 is 2.25 bits per heavy atom. The first-order chi connectivity index (χ1) is 9.74. The van der Waals surface area contributed by atoms with Crippen molar-refractivity contribution >= 4 is 11.8 Å². The van der Waals surface area contributed by atoms with E-state index in [1.807, 2.05) is 35.8 Å². The van der Waals surface area contributed by atoms with Crippen LogP contribution in [-0.4, -0.2) is 25.5 Å². The molecule has 0 aromatic carbocycles. The summed E-state index contributed by atoms with van der Waals surface area (Å²) in [5, 5.41) is 9.17. The van der Waals surface area contributed by atoms with E-state index in [1.165, 1.54) is 0 Å². The van der Waals surface area contributed by atoms with Crippen molar-refractivity contribution < 1.29 is 0 Å². The van der Waals surface area contributed by atoms with Gasteiger partial charge in [-0.2, -0.15) is 0 Å². The van der Waals surface area contributed by atoms with Crippen LogP contribution in [0.4, 0.5) is 0 Å². The first kappa shape index (κ1) is 14.7. The molecular formula is C14H19N5S. The van der Waals surface area contributed by atoms with E-state index in [9.17, 15) is 0 Å². The smallest absolute Gasteiger partial charge is 0.191 e. The lowest BCUT2D eigenvalue weighted by Gasteiger charge is -2.06. The van der Waals surface area contributed by atoms with Crippen molar-refractivity contribution in [2.24, 2.45) is 5.73 Å². The van der Waals surface area contributed by atoms with Crippen molar-refractivity contribution in [3.05, 3.63) is 48.1 Å². The van der Waals surface area contributed by atoms with Gasteiger partial charge in [0.05, 0.1) is 6.54 Å². The summed E-state index contributed by atoms with van der Waals surface area (Å²) in [5.41, 5.74) is 7.81. The fourth-order valence-electron chi connectivity index (χ4n) is 1.87. The zero-order valence-corrected chi connectivity index (χ0v) is 12.4. The molecule has 0 spiro atoms. The number of hydrogen-bond acceptors (Lipinski definition) is 5. The van der Waals surface area contributed by atoms with Crippen molar-refractivity contribution in [1.29, 1.82) is 0 Å². The van der Waals surface area contributed by atoms with Crippen LogP contribution in [0, 0.1) is 6.92 Å². The maximum Gasteiger partial charge on any atom is 0.191 e. The van der Waals surface area contributed by atoms with Gasteiger partial charge in [0.25, 0.3) is 0 Å². The third-order valence-electron chi connectivity index (χ3n) is 2.82. The van der Waals surface area contributed by atoms with Crippen molar-refractivity contribution in [2.75, 3.05) is 5.75 Å². The predicted octanol–water partition coefficient (Wildman–Crippen LogP) is 1.96. The molecule has 0 saturated carbocycles. The largest absolute Gasteiger partial charge is 0.324 e. The number of nitrogens with zero attached hydrogens (tertiary/aromatic N) is 4. The Bertz CT molecular complexity index is 579. The highest BCUT2D eigenvalue weighted by Gasteiger charge is 2.10. The summed E-state index contributed by atoms with van der Waals surface area (Å²) in [7, 11) is 0. The number of aryl methyl sites for hydroxylation is 2. The van der Waals surface area contributed by atoms with Crippen LogP contribution < -0.4 is 5.73 Å². The topological polar surface area (TPSA) is 69.6 Å². The van der Waals surface area contributed by atoms with Crippen LogP contribution in [0.15, 0.2) is 36.0 Å². The first-order valence-corrected chi connectivity index (χ1v) is 7.51. The molecule has 0 unspecified atom stereocenters. The maximum atomic E-state index is 5.65. The minimum Gasteiger partial charge on any atom is -0.324 e. The van der Waals surface area contributed by atoms with E-state index < -0.39 is 0 Å². The van der Waals surface area contributed by atoms with Gasteiger partial charge in [-0.05, 0) is 25.5 Å². The van der Waals surface area contributed by atoms with E-state index >= 15 is 0 Å². The number of hydrogen-bond donors (Lipinski definition) is 1. The molecule has 0 amide bonds. The predicted molar refractivity (Wildman–Crippen MR) is 81.5 cm³/mol. The van der Waals surface area contributed by atoms with Gasteiger partial charge in [0.2, 0.25) is 0 Å². The van der Waals surface area contributed by atoms with Crippen molar-refractivity contribution in [2.45, 2.75) is 31.6 Å². The third kappa shape index (κ3) is 3.68. The standard InChI is InChI=1S/C14H19N5S/c1-3-8-19-13(10-15)17-18-14(19)20-9-7-12-6-4-5-11(2)16-12/h3-6H,1,7-10,15H2,2H3. The van der Waals surface area contributed by atoms with Crippen molar-refractivity contribution in [3.63, 3.8) is 0 Å². The molecule has 0 aliphatic heterocycles. The Balaban J connectivity index is 1.97. The molecule has 0 radical (unpaired) electrons. The summed E-state index contributed by atoms with van der Waals surface area (Å²) < 4.78 is 2.00. The van der Waals surface area contributed by atoms with Gasteiger partial charge in [0.1, 0.15) is 5.82 Å². The minimum absolute atomic E-state index is 0.390. The van der Waals surface area contributed by atoms with Crippen LogP contribution in [0.2, 0.25) is 0 Å². The molecule has 0 atom stereocenters. The number of rotatable bonds is 7. The van der Waals surface area contributed by atoms with E-state index in [0.717, 1.165) is 34.5 Å². The van der Waals surface area contributed by atoms with Gasteiger partial charge in [0, 0.05) is 23.7 Å². The van der Waals surface area contributed by atoms with Crippen molar-refractivity contribution in [1.82, 2.24) is 19.7 Å². The molecule has 0 aliphatic rings. The Kier molecular flexibility index (Phi) is 5.31. The number of aromatic nitrogens is 4. The number of allylic oxidation sites excluding steroid dienone is 1. The average molecular weight is 289 g/mol. The lowest BCUT2D eigenvalue weighted by Crippen LogP contribution is -2.08. The molecule has 6 heteroatoms. The van der Waals surface area contributed by atoms with Gasteiger partial charge in [-0.15, -0.1) is 16.8 Å². The van der Waals surface area contributed by atoms with Crippen LogP contribution in [0.1, 0.15) is 17.2 Å². The fraction of sp³-hybridized carbons (Fsp3) is 0.357. The van der Waals surface area contributed by atoms with Crippen LogP contribution in [-0.2, 0) is 19.5 Å². The lowest BCUT2D eigenvalue weighted by molar-refractivity contribution is 0.680. The van der Waals surface area contributed by atoms with Crippen LogP contribution >= 0.6 is 11.8 Å². The molecule has 0 fully saturated rings. The summed E-state index contributed by atoms with van der Waals surface area (Å²) in [6.45, 7) is 6.83. The van der Waals surface area contributed by atoms with Gasteiger partial charge in [-0.1, -0.05) is 23.9 Å². The maximum absolute atomic E-state index is 5.65. The second-order valence-corrected chi connectivity index (χ2v) is 5.43. The van der Waals surface area contributed by atoms with Crippen molar-refractivity contribution in [3.8, 4) is 0 Å². The summed E-state index contributed by atoms with van der Waals surface area (Å²) in [6, 6.07) is 6.09. The van der Waals surface area contributed by atoms with E-state index in [1.54, 1.807) is 11.8 Å². The fourth-order valence-corrected chi connectivity index (χ4v) is 2.80. The summed E-state index contributed by atoms with van der Waals surface area (Å²) >= 11 is 1.67. The zero-order chi connectivity index (χ0) is 14.4. The van der Waals surface area contributed by atoms with Gasteiger partial charge in [-0.3, -0.25) is 4.98 Å². The number of nitrogens with two attached hydrogens (primary N) is 1. The molecule has 106 valence electrons. The Morgan fingerprint density at radius 3 is 2.95 bits per heavy atom. The highest BCUT2D eigenvalue weighted by molar-refractivity contribution is 7.99. The van der Waals surface area contributed by atoms with Gasteiger partial charge < -0.3 is 10.3 Å². The second-order valence-electron chi connectivity index (χ2n) is 4.37. The average Bonchev–Trinajstić information content (AvgIpc) is 2.82. The van der Waals surface area contributed by atoms with Gasteiger partial charge in [-0.25, -0.2) is 0 Å². The van der Waals surface area contributed by atoms with E-state index in [4.69, 9.17) is 5.73 Å². The van der Waals surface area contributed by atoms with Crippen LogP contribution in [0.25, 0.3) is 0 Å². The summed E-state index contributed by atoms with van der Waals surface area (Å²) in [4.78, 5) is 4.49. The molecule has 2 aromatic heterocycles. The Morgan fingerprint density at radius 1 is 1.40 bits per heavy atom. The molecule has 5 nitrogen and oxygen atoms in total. The second kappa shape index (κ2) is 7.21. The quantitative estimate of drug-likeness (QED) is 0.623. The van der Waals surface area contributed by atoms with Gasteiger partial charge >= 0.3 is 0 Å². The minimum atomic E-state index is 0.390. The highest BCUT2D eigenvalue weighted by atomic mass is 32.2. The highest BCUT2D eigenvalue weighted by Crippen LogP contribution is 2.18. The number of pyridine rings is 1. The van der Waals surface area contributed by atoms with Crippen LogP contribution in [0.5, 0.6) is 0 Å². The van der Waals surface area contributed by atoms with E-state index in [-0.39, 0.29) is 0 Å². The number of thioether (sulfide) groups is 1. The van der Waals surface area contributed by atoms with E-state index in [2.05, 4.69) is 21.8 Å². The summed E-state index contributed by atoms with van der Waals surface area (Å²) in [6.07, 6.45) is 2.74. The Labute approximate surface area is 123 Å². The molecule has 20 heavy (non-hydrogen) atoms. The Hall–Kier alpha value is -1.66. The molecule has 2 N–H and O–H groups in total. The first-order valence-electron chi connectivity index (χ1n) is 6.53. The molecular weight excluding hydrogens is 270 g/mol. The van der Waals surface area contributed by atoms with Gasteiger partial charge in [0.15, 0.2) is 5.16 Å². The molecule has 0 aliphatic carbocycles. The lowest BCUT2D eigenvalue weighted by atomic mass is 10.3. The monoisotopic (exact) mass is 289 g/mol. The molecule has 0 bridgehead atoms.